The number of hydrogen-bond donors (Lipinski definition) is 2. The second-order valence-electron chi connectivity index (χ2n) is 5.91. The molecule has 0 radical (unpaired) electrons. The van der Waals surface area contributed by atoms with Crippen molar-refractivity contribution < 1.29 is 4.39 Å². The molecule has 0 amide bonds. The van der Waals surface area contributed by atoms with Gasteiger partial charge < -0.3 is 10.6 Å². The Hall–Kier alpha value is -1.89. The summed E-state index contributed by atoms with van der Waals surface area (Å²) in [5, 5.41) is 7.09. The Kier molecular flexibility index (Phi) is 5.85. The predicted octanol–water partition coefficient (Wildman–Crippen LogP) is 4.09. The Balaban J connectivity index is 1.67. The molecule has 1 saturated carbocycles. The van der Waals surface area contributed by atoms with E-state index in [0.717, 1.165) is 5.56 Å². The molecule has 0 saturated heterocycles. The smallest absolute Gasteiger partial charge is 0.228 e. The Morgan fingerprint density at radius 2 is 1.75 bits per heavy atom. The van der Waals surface area contributed by atoms with Crippen LogP contribution in [0, 0.1) is 5.82 Å². The molecule has 128 valence electrons. The van der Waals surface area contributed by atoms with Gasteiger partial charge in [-0.3, -0.25) is 0 Å². The Labute approximate surface area is 145 Å². The summed E-state index contributed by atoms with van der Waals surface area (Å²) in [5.41, 5.74) is 1.04. The molecular formula is C17H22FN5S. The number of aromatic nitrogens is 3. The Morgan fingerprint density at radius 1 is 1.04 bits per heavy atom. The summed E-state index contributed by atoms with van der Waals surface area (Å²) in [6.45, 7) is 0. The summed E-state index contributed by atoms with van der Waals surface area (Å²) in [4.78, 5) is 13.3. The van der Waals surface area contributed by atoms with Gasteiger partial charge in [-0.15, -0.1) is 0 Å². The summed E-state index contributed by atoms with van der Waals surface area (Å²) < 4.78 is 13.0. The second-order valence-corrected chi connectivity index (χ2v) is 6.85. The monoisotopic (exact) mass is 347 g/mol. The van der Waals surface area contributed by atoms with Crippen LogP contribution in [0.3, 0.4) is 0 Å². The van der Waals surface area contributed by atoms with Crippen molar-refractivity contribution in [3.05, 3.63) is 35.6 Å². The second kappa shape index (κ2) is 8.28. The van der Waals surface area contributed by atoms with Crippen molar-refractivity contribution in [1.82, 2.24) is 15.0 Å². The van der Waals surface area contributed by atoms with Crippen LogP contribution in [0.1, 0.15) is 37.7 Å². The molecule has 7 heteroatoms. The lowest BCUT2D eigenvalue weighted by Gasteiger charge is -2.22. The van der Waals surface area contributed by atoms with Crippen molar-refractivity contribution in [3.63, 3.8) is 0 Å². The molecule has 0 spiro atoms. The van der Waals surface area contributed by atoms with E-state index >= 15 is 0 Å². The number of nitrogens with one attached hydrogen (secondary N) is 2. The molecule has 24 heavy (non-hydrogen) atoms. The first-order valence-electron chi connectivity index (χ1n) is 8.30. The van der Waals surface area contributed by atoms with Gasteiger partial charge in [0, 0.05) is 18.8 Å². The van der Waals surface area contributed by atoms with Crippen molar-refractivity contribution >= 4 is 23.7 Å². The van der Waals surface area contributed by atoms with Crippen LogP contribution in [0.4, 0.5) is 16.3 Å². The molecule has 5 nitrogen and oxygen atoms in total. The van der Waals surface area contributed by atoms with E-state index in [2.05, 4.69) is 25.6 Å². The minimum Gasteiger partial charge on any atom is -0.357 e. The van der Waals surface area contributed by atoms with E-state index in [0.29, 0.717) is 28.8 Å². The van der Waals surface area contributed by atoms with Gasteiger partial charge in [0.1, 0.15) is 5.82 Å². The topological polar surface area (TPSA) is 62.7 Å². The van der Waals surface area contributed by atoms with Crippen LogP contribution in [0.2, 0.25) is 0 Å². The van der Waals surface area contributed by atoms with Gasteiger partial charge in [-0.05, 0) is 30.5 Å². The van der Waals surface area contributed by atoms with E-state index in [1.165, 1.54) is 56.0 Å². The van der Waals surface area contributed by atoms with Crippen molar-refractivity contribution in [1.29, 1.82) is 0 Å². The van der Waals surface area contributed by atoms with Crippen molar-refractivity contribution in [2.45, 2.75) is 49.1 Å². The number of halogens is 1. The third-order valence-electron chi connectivity index (χ3n) is 4.06. The molecule has 0 unspecified atom stereocenters. The van der Waals surface area contributed by atoms with E-state index in [1.807, 2.05) is 0 Å². The number of nitrogens with zero attached hydrogens (tertiary/aromatic N) is 3. The molecular weight excluding hydrogens is 325 g/mol. The zero-order chi connectivity index (χ0) is 16.8. The maximum atomic E-state index is 13.0. The highest BCUT2D eigenvalue weighted by Crippen LogP contribution is 2.24. The lowest BCUT2D eigenvalue weighted by Crippen LogP contribution is -2.24. The zero-order valence-corrected chi connectivity index (χ0v) is 14.6. The minimum atomic E-state index is -0.222. The van der Waals surface area contributed by atoms with Gasteiger partial charge in [0.15, 0.2) is 5.16 Å². The molecule has 2 N–H and O–H groups in total. The maximum Gasteiger partial charge on any atom is 0.228 e. The maximum absolute atomic E-state index is 13.0. The van der Waals surface area contributed by atoms with Crippen molar-refractivity contribution in [3.8, 4) is 0 Å². The van der Waals surface area contributed by atoms with Gasteiger partial charge in [0.25, 0.3) is 0 Å². The highest BCUT2D eigenvalue weighted by molar-refractivity contribution is 7.98. The predicted molar refractivity (Wildman–Crippen MR) is 95.8 cm³/mol. The molecule has 1 aromatic heterocycles. The van der Waals surface area contributed by atoms with E-state index < -0.39 is 0 Å². The summed E-state index contributed by atoms with van der Waals surface area (Å²) >= 11 is 1.52. The van der Waals surface area contributed by atoms with Crippen molar-refractivity contribution in [2.75, 3.05) is 17.7 Å². The van der Waals surface area contributed by atoms with E-state index in [9.17, 15) is 4.39 Å². The minimum absolute atomic E-state index is 0.222. The molecule has 2 aromatic rings. The highest BCUT2D eigenvalue weighted by Gasteiger charge is 2.15. The zero-order valence-electron chi connectivity index (χ0n) is 13.8. The van der Waals surface area contributed by atoms with Crippen LogP contribution in [0.15, 0.2) is 29.4 Å². The third-order valence-corrected chi connectivity index (χ3v) is 4.98. The quantitative estimate of drug-likeness (QED) is 0.768. The van der Waals surface area contributed by atoms with Gasteiger partial charge in [-0.25, -0.2) is 4.39 Å². The average Bonchev–Trinajstić information content (AvgIpc) is 2.62. The standard InChI is InChI=1S/C17H22FN5S/c1-19-15-21-16(20-14-5-3-2-4-6-14)23-17(22-15)24-11-12-7-9-13(18)10-8-12/h7-10,14H,2-6,11H2,1H3,(H2,19,20,21,22,23). The van der Waals surface area contributed by atoms with Crippen LogP contribution in [0.5, 0.6) is 0 Å². The van der Waals surface area contributed by atoms with Crippen molar-refractivity contribution in [2.24, 2.45) is 0 Å². The first-order valence-corrected chi connectivity index (χ1v) is 9.29. The lowest BCUT2D eigenvalue weighted by molar-refractivity contribution is 0.460. The number of rotatable bonds is 6. The number of hydrogen-bond acceptors (Lipinski definition) is 6. The molecule has 1 aromatic carbocycles. The van der Waals surface area contributed by atoms with Crippen LogP contribution in [0.25, 0.3) is 0 Å². The van der Waals surface area contributed by atoms with E-state index in [4.69, 9.17) is 0 Å². The SMILES string of the molecule is CNc1nc(NC2CCCCC2)nc(SCc2ccc(F)cc2)n1. The van der Waals surface area contributed by atoms with Gasteiger partial charge in [0.2, 0.25) is 11.9 Å². The molecule has 3 rings (SSSR count). The number of thioether (sulfide) groups is 1. The third kappa shape index (κ3) is 4.80. The normalized spacial score (nSPS) is 15.2. The molecule has 0 atom stereocenters. The van der Waals surface area contributed by atoms with Gasteiger partial charge in [-0.2, -0.15) is 15.0 Å². The lowest BCUT2D eigenvalue weighted by atomic mass is 9.96. The van der Waals surface area contributed by atoms with Crippen LogP contribution < -0.4 is 10.6 Å². The van der Waals surface area contributed by atoms with Crippen LogP contribution >= 0.6 is 11.8 Å². The fourth-order valence-corrected chi connectivity index (χ4v) is 3.55. The number of anilines is 2. The first kappa shape index (κ1) is 17.0. The summed E-state index contributed by atoms with van der Waals surface area (Å²) in [6.07, 6.45) is 6.16. The first-order chi connectivity index (χ1) is 11.7. The fraction of sp³-hybridized carbons (Fsp3) is 0.471. The van der Waals surface area contributed by atoms with E-state index in [-0.39, 0.29) is 5.82 Å². The summed E-state index contributed by atoms with van der Waals surface area (Å²) in [6, 6.07) is 6.95. The molecule has 0 aliphatic heterocycles. The number of benzene rings is 1. The van der Waals surface area contributed by atoms with E-state index in [1.54, 1.807) is 19.2 Å². The summed E-state index contributed by atoms with van der Waals surface area (Å²) in [5.74, 6) is 1.66. The van der Waals surface area contributed by atoms with Gasteiger partial charge in [-0.1, -0.05) is 43.2 Å². The average molecular weight is 347 g/mol. The largest absolute Gasteiger partial charge is 0.357 e. The fourth-order valence-electron chi connectivity index (χ4n) is 2.76. The Bertz CT molecular complexity index is 659. The molecule has 1 heterocycles. The molecule has 1 aliphatic carbocycles. The van der Waals surface area contributed by atoms with Crippen LogP contribution in [-0.2, 0) is 5.75 Å². The Morgan fingerprint density at radius 3 is 2.46 bits per heavy atom. The summed E-state index contributed by atoms with van der Waals surface area (Å²) in [7, 11) is 1.80. The molecule has 1 fully saturated rings. The molecule has 1 aliphatic rings. The highest BCUT2D eigenvalue weighted by atomic mass is 32.2. The molecule has 0 bridgehead atoms. The van der Waals surface area contributed by atoms with Gasteiger partial charge in [0.05, 0.1) is 0 Å². The van der Waals surface area contributed by atoms with Gasteiger partial charge >= 0.3 is 0 Å². The van der Waals surface area contributed by atoms with Crippen LogP contribution in [-0.4, -0.2) is 28.0 Å².